The second kappa shape index (κ2) is 12.6. The van der Waals surface area contributed by atoms with E-state index in [-0.39, 0.29) is 5.56 Å². The minimum atomic E-state index is -2.53. The Kier molecular flexibility index (Phi) is 8.77. The molecule has 39 heavy (non-hydrogen) atoms. The molecule has 204 valence electrons. The van der Waals surface area contributed by atoms with Crippen LogP contribution in [0, 0.1) is 5.92 Å². The van der Waals surface area contributed by atoms with Crippen LogP contribution in [0.5, 0.6) is 0 Å². The normalized spacial score (nSPS) is 19.7. The Morgan fingerprint density at radius 1 is 0.974 bits per heavy atom. The van der Waals surface area contributed by atoms with Crippen LogP contribution in [0.1, 0.15) is 69.4 Å². The number of hydrogen-bond donors (Lipinski definition) is 0. The van der Waals surface area contributed by atoms with E-state index in [4.69, 9.17) is 0 Å². The molecule has 7 heteroatoms. The van der Waals surface area contributed by atoms with Gasteiger partial charge in [-0.25, -0.2) is 18.3 Å². The van der Waals surface area contributed by atoms with Gasteiger partial charge in [0, 0.05) is 53.8 Å². The molecule has 2 aliphatic rings. The van der Waals surface area contributed by atoms with Crippen molar-refractivity contribution in [3.05, 3.63) is 77.9 Å². The van der Waals surface area contributed by atoms with Crippen LogP contribution >= 0.6 is 0 Å². The Hall–Kier alpha value is -3.45. The van der Waals surface area contributed by atoms with Gasteiger partial charge in [0.2, 0.25) is 0 Å². The summed E-state index contributed by atoms with van der Waals surface area (Å²) in [6.45, 7) is 4.79. The molecular weight excluding hydrogens is 492 g/mol. The van der Waals surface area contributed by atoms with Crippen LogP contribution in [0.2, 0.25) is 0 Å². The van der Waals surface area contributed by atoms with E-state index in [1.807, 2.05) is 18.5 Å². The lowest BCUT2D eigenvalue weighted by molar-refractivity contribution is 0.151. The average molecular weight is 530 g/mol. The van der Waals surface area contributed by atoms with Crippen LogP contribution in [0.25, 0.3) is 33.8 Å². The van der Waals surface area contributed by atoms with Gasteiger partial charge in [-0.3, -0.25) is 4.98 Å². The van der Waals surface area contributed by atoms with Crippen molar-refractivity contribution in [2.75, 3.05) is 20.1 Å². The molecule has 1 unspecified atom stereocenters. The number of fused-ring (bicyclic) bond motifs is 2. The van der Waals surface area contributed by atoms with Gasteiger partial charge in [0.15, 0.2) is 5.65 Å². The molecule has 1 aliphatic heterocycles. The average Bonchev–Trinajstić information content (AvgIpc) is 3.05. The Morgan fingerprint density at radius 2 is 1.79 bits per heavy atom. The predicted octanol–water partition coefficient (Wildman–Crippen LogP) is 8.13. The molecule has 1 aliphatic carbocycles. The molecular formula is C32H37F2N5. The summed E-state index contributed by atoms with van der Waals surface area (Å²) in [4.78, 5) is 11.4. The highest BCUT2D eigenvalue weighted by Gasteiger charge is 2.15. The first-order chi connectivity index (χ1) is 19.0. The summed E-state index contributed by atoms with van der Waals surface area (Å²) < 4.78 is 28.3. The summed E-state index contributed by atoms with van der Waals surface area (Å²) >= 11 is 0. The van der Waals surface area contributed by atoms with Gasteiger partial charge in [-0.1, -0.05) is 43.2 Å². The molecule has 0 radical (unpaired) electrons. The lowest BCUT2D eigenvalue weighted by atomic mass is 10.0. The molecule has 0 amide bonds. The van der Waals surface area contributed by atoms with Gasteiger partial charge in [-0.15, -0.1) is 0 Å². The Bertz CT molecular complexity index is 1460. The molecule has 1 fully saturated rings. The van der Waals surface area contributed by atoms with Crippen molar-refractivity contribution >= 4 is 22.6 Å². The van der Waals surface area contributed by atoms with E-state index in [0.717, 1.165) is 35.4 Å². The fourth-order valence-electron chi connectivity index (χ4n) is 5.38. The van der Waals surface area contributed by atoms with E-state index in [2.05, 4.69) is 52.2 Å². The molecule has 0 saturated heterocycles. The SMILES string of the molecule is CC1CCCC(=Cc2cnc3c(-c4ccnc5ccc(C(F)F)cc45)cnn3c2)CC1.CN1CCC=CCC1. The Morgan fingerprint density at radius 3 is 2.59 bits per heavy atom. The first-order valence-corrected chi connectivity index (χ1v) is 14.0. The third-order valence-corrected chi connectivity index (χ3v) is 7.73. The smallest absolute Gasteiger partial charge is 0.263 e. The van der Waals surface area contributed by atoms with Crippen molar-refractivity contribution in [3.8, 4) is 11.1 Å². The van der Waals surface area contributed by atoms with E-state index in [9.17, 15) is 8.78 Å². The molecule has 4 aromatic rings. The lowest BCUT2D eigenvalue weighted by Crippen LogP contribution is -2.18. The van der Waals surface area contributed by atoms with Crippen LogP contribution in [-0.4, -0.2) is 44.6 Å². The summed E-state index contributed by atoms with van der Waals surface area (Å²) in [5, 5.41) is 5.18. The van der Waals surface area contributed by atoms with Crippen molar-refractivity contribution < 1.29 is 8.78 Å². The van der Waals surface area contributed by atoms with E-state index in [1.165, 1.54) is 62.9 Å². The lowest BCUT2D eigenvalue weighted by Gasteiger charge is -2.10. The second-order valence-electron chi connectivity index (χ2n) is 10.8. The summed E-state index contributed by atoms with van der Waals surface area (Å²) in [7, 11) is 2.17. The third-order valence-electron chi connectivity index (χ3n) is 7.73. The minimum absolute atomic E-state index is 0.0159. The highest BCUT2D eigenvalue weighted by molar-refractivity contribution is 5.98. The fraction of sp³-hybridized carbons (Fsp3) is 0.406. The number of benzene rings is 1. The van der Waals surface area contributed by atoms with Crippen LogP contribution in [0.4, 0.5) is 8.78 Å². The summed E-state index contributed by atoms with van der Waals surface area (Å²) in [5.74, 6) is 0.793. The van der Waals surface area contributed by atoms with Crippen molar-refractivity contribution in [1.29, 1.82) is 0 Å². The number of alkyl halides is 2. The standard InChI is InChI=1S/C25H24F2N4.C7H13N/c1-16-3-2-4-17(6-5-16)11-18-13-29-25-22(14-30-31(25)15-18)20-9-10-28-23-8-7-19(24(26)27)12-21(20)23;1-8-6-4-2-3-5-7-8/h7-16,24H,2-6H2,1H3;2-3H,4-7H2,1H3. The van der Waals surface area contributed by atoms with Crippen molar-refractivity contribution in [2.24, 2.45) is 5.92 Å². The van der Waals surface area contributed by atoms with Crippen LogP contribution in [0.3, 0.4) is 0 Å². The van der Waals surface area contributed by atoms with E-state index >= 15 is 0 Å². The maximum absolute atomic E-state index is 13.3. The third kappa shape index (κ3) is 6.77. The van der Waals surface area contributed by atoms with E-state index in [1.54, 1.807) is 23.0 Å². The Balaban J connectivity index is 0.000000332. The van der Waals surface area contributed by atoms with Crippen LogP contribution in [0.15, 0.2) is 66.8 Å². The zero-order valence-electron chi connectivity index (χ0n) is 22.9. The number of hydrogen-bond acceptors (Lipinski definition) is 4. The van der Waals surface area contributed by atoms with Gasteiger partial charge in [-0.2, -0.15) is 5.10 Å². The molecule has 1 atom stereocenters. The van der Waals surface area contributed by atoms with Crippen LogP contribution in [-0.2, 0) is 0 Å². The number of nitrogens with zero attached hydrogens (tertiary/aromatic N) is 5. The molecule has 4 heterocycles. The van der Waals surface area contributed by atoms with Crippen molar-refractivity contribution in [1.82, 2.24) is 24.5 Å². The molecule has 3 aromatic heterocycles. The van der Waals surface area contributed by atoms with Gasteiger partial charge in [-0.05, 0) is 75.3 Å². The van der Waals surface area contributed by atoms with Gasteiger partial charge < -0.3 is 4.90 Å². The fourth-order valence-corrected chi connectivity index (χ4v) is 5.38. The molecule has 1 saturated carbocycles. The number of halogens is 2. The predicted molar refractivity (Wildman–Crippen MR) is 155 cm³/mol. The first kappa shape index (κ1) is 27.1. The highest BCUT2D eigenvalue weighted by Crippen LogP contribution is 2.33. The summed E-state index contributed by atoms with van der Waals surface area (Å²) in [6.07, 6.45) is 20.1. The molecule has 5 nitrogen and oxygen atoms in total. The van der Waals surface area contributed by atoms with Crippen molar-refractivity contribution in [2.45, 2.75) is 58.3 Å². The van der Waals surface area contributed by atoms with E-state index in [0.29, 0.717) is 16.6 Å². The maximum atomic E-state index is 13.3. The van der Waals surface area contributed by atoms with Gasteiger partial charge >= 0.3 is 0 Å². The molecule has 0 bridgehead atoms. The number of aromatic nitrogens is 4. The molecule has 6 rings (SSSR count). The molecule has 0 spiro atoms. The summed E-state index contributed by atoms with van der Waals surface area (Å²) in [5.41, 5.74) is 5.47. The molecule has 1 aromatic carbocycles. The van der Waals surface area contributed by atoms with Gasteiger partial charge in [0.05, 0.1) is 11.7 Å². The zero-order chi connectivity index (χ0) is 27.2. The quantitative estimate of drug-likeness (QED) is 0.199. The topological polar surface area (TPSA) is 46.3 Å². The van der Waals surface area contributed by atoms with Crippen LogP contribution < -0.4 is 0 Å². The number of allylic oxidation sites excluding steroid dienone is 1. The zero-order valence-corrected chi connectivity index (χ0v) is 22.9. The van der Waals surface area contributed by atoms with Crippen molar-refractivity contribution in [3.63, 3.8) is 0 Å². The highest BCUT2D eigenvalue weighted by atomic mass is 19.3. The molecule has 0 N–H and O–H groups in total. The first-order valence-electron chi connectivity index (χ1n) is 14.0. The van der Waals surface area contributed by atoms with E-state index < -0.39 is 6.43 Å². The second-order valence-corrected chi connectivity index (χ2v) is 10.8. The number of pyridine rings is 1. The minimum Gasteiger partial charge on any atom is -0.306 e. The number of rotatable bonds is 3. The Labute approximate surface area is 229 Å². The van der Waals surface area contributed by atoms with Gasteiger partial charge in [0.1, 0.15) is 0 Å². The van der Waals surface area contributed by atoms with Gasteiger partial charge in [0.25, 0.3) is 6.43 Å². The largest absolute Gasteiger partial charge is 0.306 e. The monoisotopic (exact) mass is 529 g/mol. The maximum Gasteiger partial charge on any atom is 0.263 e. The summed E-state index contributed by atoms with van der Waals surface area (Å²) in [6, 6.07) is 6.40.